The van der Waals surface area contributed by atoms with Gasteiger partial charge in [0.05, 0.1) is 0 Å². The second kappa shape index (κ2) is 21.8. The zero-order chi connectivity index (χ0) is 43.1. The van der Waals surface area contributed by atoms with Gasteiger partial charge in [-0.2, -0.15) is 0 Å². The molecule has 6 amide bonds. The molecule has 16 nitrogen and oxygen atoms in total. The quantitative estimate of drug-likeness (QED) is 0.111. The van der Waals surface area contributed by atoms with E-state index >= 15 is 0 Å². The number of hydrogen-bond donors (Lipinski definition) is 7. The summed E-state index contributed by atoms with van der Waals surface area (Å²) < 4.78 is 10.5. The molecule has 0 bridgehead atoms. The van der Waals surface area contributed by atoms with Crippen LogP contribution in [0.2, 0.25) is 5.02 Å². The lowest BCUT2D eigenvalue weighted by molar-refractivity contribution is -0.142. The van der Waals surface area contributed by atoms with E-state index in [9.17, 15) is 38.7 Å². The lowest BCUT2D eigenvalue weighted by Crippen LogP contribution is -2.58. The Kier molecular flexibility index (Phi) is 18.3. The van der Waals surface area contributed by atoms with Gasteiger partial charge in [-0.25, -0.2) is 14.4 Å². The Bertz CT molecular complexity index is 1700. The fraction of sp³-hybridized carbons (Fsp3) is 0.525. The Morgan fingerprint density at radius 2 is 1.04 bits per heavy atom. The van der Waals surface area contributed by atoms with Crippen LogP contribution in [0.3, 0.4) is 0 Å². The number of halogens is 1. The van der Waals surface area contributed by atoms with E-state index in [2.05, 4.69) is 31.9 Å². The van der Waals surface area contributed by atoms with Crippen LogP contribution in [0.5, 0.6) is 0 Å². The monoisotopic (exact) mass is 816 g/mol. The van der Waals surface area contributed by atoms with Crippen LogP contribution in [-0.4, -0.2) is 95.4 Å². The molecular formula is C40H57ClN6O10. The molecule has 2 aromatic rings. The highest BCUT2D eigenvalue weighted by molar-refractivity contribution is 6.30. The fourth-order valence-electron chi connectivity index (χ4n) is 5.14. The van der Waals surface area contributed by atoms with Gasteiger partial charge in [0.2, 0.25) is 17.7 Å². The molecule has 0 fully saturated rings. The molecule has 0 radical (unpaired) electrons. The van der Waals surface area contributed by atoms with E-state index in [0.717, 1.165) is 11.1 Å². The van der Waals surface area contributed by atoms with Crippen LogP contribution < -0.4 is 31.9 Å². The lowest BCUT2D eigenvalue weighted by atomic mass is 10.0. The second-order valence-corrected chi connectivity index (χ2v) is 16.3. The van der Waals surface area contributed by atoms with Crippen molar-refractivity contribution in [2.75, 3.05) is 13.1 Å². The molecule has 57 heavy (non-hydrogen) atoms. The second-order valence-electron chi connectivity index (χ2n) is 15.9. The van der Waals surface area contributed by atoms with Crippen molar-refractivity contribution in [2.24, 2.45) is 5.92 Å². The van der Waals surface area contributed by atoms with Gasteiger partial charge < -0.3 is 46.5 Å². The molecule has 0 spiro atoms. The number of nitrogens with one attached hydrogen (secondary N) is 6. The third kappa shape index (κ3) is 18.4. The molecule has 17 heteroatoms. The van der Waals surface area contributed by atoms with Crippen LogP contribution >= 0.6 is 11.6 Å². The van der Waals surface area contributed by atoms with Crippen LogP contribution in [0.25, 0.3) is 11.1 Å². The minimum atomic E-state index is -1.37. The molecule has 2 aromatic carbocycles. The van der Waals surface area contributed by atoms with Gasteiger partial charge in [-0.3, -0.25) is 19.2 Å². The predicted molar refractivity (Wildman–Crippen MR) is 214 cm³/mol. The SMILES string of the molecule is CC(C)CC(NC(=O)C(C)NC(=O)C(CCNC(=O)OC(C)(C)C)NC(=O)C(CCNC(=O)OC(C)(C)C)NC(=O)c1ccc(-c2ccc(Cl)cc2)cc1)C(=O)O. The van der Waals surface area contributed by atoms with E-state index < -0.39 is 77.2 Å². The van der Waals surface area contributed by atoms with Crippen molar-refractivity contribution in [3.8, 4) is 11.1 Å². The van der Waals surface area contributed by atoms with Gasteiger partial charge in [-0.05, 0) is 109 Å². The van der Waals surface area contributed by atoms with E-state index in [1.54, 1.807) is 91.8 Å². The van der Waals surface area contributed by atoms with E-state index in [0.29, 0.717) is 5.02 Å². The number of hydrogen-bond acceptors (Lipinski definition) is 9. The summed E-state index contributed by atoms with van der Waals surface area (Å²) in [6.45, 7) is 14.8. The maximum Gasteiger partial charge on any atom is 0.407 e. The first-order chi connectivity index (χ1) is 26.4. The van der Waals surface area contributed by atoms with Crippen LogP contribution in [-0.2, 0) is 28.7 Å². The standard InChI is InChI=1S/C40H57ClN6O10/c1-23(2)22-31(36(52)53)47-32(48)24(3)44-34(50)29(18-20-42-37(54)56-39(4,5)6)46-35(51)30(19-21-43-38(55)57-40(7,8)9)45-33(49)27-12-10-25(11-13-27)26-14-16-28(41)17-15-26/h10-17,23-24,29-31H,18-22H2,1-9H3,(H,42,54)(H,43,55)(H,44,50)(H,45,49)(H,46,51)(H,47,48)(H,52,53). The lowest BCUT2D eigenvalue weighted by Gasteiger charge is -2.26. The number of carbonyl (C=O) groups excluding carboxylic acids is 6. The first-order valence-electron chi connectivity index (χ1n) is 18.7. The Labute approximate surface area is 338 Å². The summed E-state index contributed by atoms with van der Waals surface area (Å²) >= 11 is 6.01. The van der Waals surface area contributed by atoms with Gasteiger partial charge in [0, 0.05) is 23.7 Å². The number of carboxylic acids is 1. The summed E-state index contributed by atoms with van der Waals surface area (Å²) in [5.41, 5.74) is 0.299. The van der Waals surface area contributed by atoms with Gasteiger partial charge in [0.1, 0.15) is 35.4 Å². The van der Waals surface area contributed by atoms with Gasteiger partial charge in [0.25, 0.3) is 5.91 Å². The first-order valence-corrected chi connectivity index (χ1v) is 19.1. The molecule has 7 N–H and O–H groups in total. The Morgan fingerprint density at radius 1 is 0.614 bits per heavy atom. The molecule has 0 aliphatic carbocycles. The van der Waals surface area contributed by atoms with Crippen LogP contribution in [0.1, 0.15) is 91.9 Å². The molecular weight excluding hydrogens is 760 g/mol. The van der Waals surface area contributed by atoms with E-state index in [1.807, 2.05) is 12.1 Å². The minimum Gasteiger partial charge on any atom is -0.480 e. The smallest absolute Gasteiger partial charge is 0.407 e. The minimum absolute atomic E-state index is 0.0464. The van der Waals surface area contributed by atoms with Crippen molar-refractivity contribution < 1.29 is 48.1 Å². The number of carbonyl (C=O) groups is 7. The molecule has 0 aromatic heterocycles. The average molecular weight is 817 g/mol. The summed E-state index contributed by atoms with van der Waals surface area (Å²) in [6.07, 6.45) is -1.68. The molecule has 0 aliphatic rings. The fourth-order valence-corrected chi connectivity index (χ4v) is 5.27. The normalized spacial score (nSPS) is 13.5. The highest BCUT2D eigenvalue weighted by Gasteiger charge is 2.31. The van der Waals surface area contributed by atoms with Crippen LogP contribution in [0.15, 0.2) is 48.5 Å². The van der Waals surface area contributed by atoms with Gasteiger partial charge >= 0.3 is 18.2 Å². The third-order valence-electron chi connectivity index (χ3n) is 7.86. The molecule has 0 aliphatic heterocycles. The summed E-state index contributed by atoms with van der Waals surface area (Å²) in [6, 6.07) is 8.67. The highest BCUT2D eigenvalue weighted by Crippen LogP contribution is 2.22. The van der Waals surface area contributed by atoms with Crippen LogP contribution in [0.4, 0.5) is 9.59 Å². The number of ether oxygens (including phenoxy) is 2. The number of aliphatic carboxylic acids is 1. The van der Waals surface area contributed by atoms with Crippen molar-refractivity contribution in [1.29, 1.82) is 0 Å². The molecule has 0 saturated carbocycles. The van der Waals surface area contributed by atoms with Gasteiger partial charge in [0.15, 0.2) is 0 Å². The van der Waals surface area contributed by atoms with Crippen molar-refractivity contribution in [3.63, 3.8) is 0 Å². The molecule has 2 rings (SSSR count). The molecule has 314 valence electrons. The Hall–Kier alpha value is -5.38. The number of alkyl carbamates (subject to hydrolysis) is 2. The topological polar surface area (TPSA) is 230 Å². The number of amides is 6. The van der Waals surface area contributed by atoms with Crippen LogP contribution in [0, 0.1) is 5.92 Å². The number of rotatable bonds is 18. The van der Waals surface area contributed by atoms with E-state index in [1.165, 1.54) is 6.92 Å². The average Bonchev–Trinajstić information content (AvgIpc) is 3.08. The molecule has 0 heterocycles. The molecule has 4 unspecified atom stereocenters. The zero-order valence-electron chi connectivity index (χ0n) is 34.0. The van der Waals surface area contributed by atoms with Crippen molar-refractivity contribution in [2.45, 2.75) is 117 Å². The summed E-state index contributed by atoms with van der Waals surface area (Å²) in [7, 11) is 0. The summed E-state index contributed by atoms with van der Waals surface area (Å²) in [5.74, 6) is -4.32. The number of benzene rings is 2. The van der Waals surface area contributed by atoms with Crippen molar-refractivity contribution in [3.05, 3.63) is 59.1 Å². The Morgan fingerprint density at radius 3 is 1.47 bits per heavy atom. The third-order valence-corrected chi connectivity index (χ3v) is 8.11. The van der Waals surface area contributed by atoms with Gasteiger partial charge in [-0.1, -0.05) is 49.7 Å². The first kappa shape index (κ1) is 47.8. The highest BCUT2D eigenvalue weighted by atomic mass is 35.5. The zero-order valence-corrected chi connectivity index (χ0v) is 34.8. The maximum absolute atomic E-state index is 13.9. The Balaban J connectivity index is 2.32. The molecule has 4 atom stereocenters. The predicted octanol–water partition coefficient (Wildman–Crippen LogP) is 4.54. The summed E-state index contributed by atoms with van der Waals surface area (Å²) in [4.78, 5) is 90.4. The maximum atomic E-state index is 13.9. The van der Waals surface area contributed by atoms with Gasteiger partial charge in [-0.15, -0.1) is 0 Å². The number of carboxylic acid groups (broad SMARTS) is 1. The summed E-state index contributed by atoms with van der Waals surface area (Å²) in [5, 5.41) is 25.4. The van der Waals surface area contributed by atoms with E-state index in [4.69, 9.17) is 21.1 Å². The van der Waals surface area contributed by atoms with Crippen molar-refractivity contribution >= 4 is 53.4 Å². The largest absolute Gasteiger partial charge is 0.480 e. The molecule has 0 saturated heterocycles. The van der Waals surface area contributed by atoms with Crippen molar-refractivity contribution in [1.82, 2.24) is 31.9 Å². The van der Waals surface area contributed by atoms with E-state index in [-0.39, 0.29) is 43.8 Å².